The Kier molecular flexibility index (Phi) is 44.4. The zero-order valence-electron chi connectivity index (χ0n) is 37.7. The monoisotopic (exact) mass is 794 g/mol. The summed E-state index contributed by atoms with van der Waals surface area (Å²) in [5.41, 5.74) is 0. The van der Waals surface area contributed by atoms with Gasteiger partial charge in [0.15, 0.2) is 0 Å². The Bertz CT molecular complexity index is 806. The third-order valence-corrected chi connectivity index (χ3v) is 12.0. The van der Waals surface area contributed by atoms with Crippen molar-refractivity contribution in [1.29, 1.82) is 0 Å². The van der Waals surface area contributed by atoms with Gasteiger partial charge in [0.2, 0.25) is 5.91 Å². The smallest absolute Gasteiger partial charge is 0.249 e. The SMILES string of the molecule is CCCCCCCCCCCCCC/C=C\CCCCCCCCCCCCCCCCCCC(O)C(=O)NC(CO)C(O)C(O)CCCCCCCCCC. The minimum absolute atomic E-state index is 0.373. The highest BCUT2D eigenvalue weighted by Crippen LogP contribution is 2.17. The molecule has 6 nitrogen and oxygen atoms in total. The molecule has 0 saturated carbocycles. The number of hydrogen-bond acceptors (Lipinski definition) is 5. The van der Waals surface area contributed by atoms with Crippen LogP contribution in [0.15, 0.2) is 12.2 Å². The predicted molar refractivity (Wildman–Crippen MR) is 242 cm³/mol. The molecule has 0 aromatic heterocycles. The van der Waals surface area contributed by atoms with Gasteiger partial charge in [0.25, 0.3) is 0 Å². The fraction of sp³-hybridized carbons (Fsp3) is 0.940. The van der Waals surface area contributed by atoms with E-state index in [0.717, 1.165) is 38.5 Å². The molecule has 334 valence electrons. The highest BCUT2D eigenvalue weighted by Gasteiger charge is 2.28. The highest BCUT2D eigenvalue weighted by atomic mass is 16.3. The number of rotatable bonds is 46. The van der Waals surface area contributed by atoms with Gasteiger partial charge in [-0.25, -0.2) is 0 Å². The molecular formula is C50H99NO5. The maximum atomic E-state index is 12.5. The minimum atomic E-state index is -1.25. The van der Waals surface area contributed by atoms with Crippen molar-refractivity contribution in [2.45, 2.75) is 295 Å². The molecule has 4 atom stereocenters. The molecule has 5 N–H and O–H groups in total. The Morgan fingerprint density at radius 1 is 0.429 bits per heavy atom. The van der Waals surface area contributed by atoms with Crippen molar-refractivity contribution in [2.24, 2.45) is 0 Å². The van der Waals surface area contributed by atoms with Crippen LogP contribution in [-0.2, 0) is 4.79 Å². The lowest BCUT2D eigenvalue weighted by Gasteiger charge is -2.27. The van der Waals surface area contributed by atoms with Gasteiger partial charge in [-0.1, -0.05) is 244 Å². The molecule has 56 heavy (non-hydrogen) atoms. The van der Waals surface area contributed by atoms with Gasteiger partial charge in [-0.05, 0) is 38.5 Å². The molecule has 0 spiro atoms. The van der Waals surface area contributed by atoms with Crippen LogP contribution in [0.25, 0.3) is 0 Å². The molecule has 0 fully saturated rings. The summed E-state index contributed by atoms with van der Waals surface area (Å²) in [4.78, 5) is 12.5. The Hall–Kier alpha value is -0.950. The summed E-state index contributed by atoms with van der Waals surface area (Å²) in [6, 6.07) is -0.979. The zero-order chi connectivity index (χ0) is 41.0. The van der Waals surface area contributed by atoms with E-state index in [2.05, 4.69) is 31.3 Å². The van der Waals surface area contributed by atoms with Gasteiger partial charge in [0.1, 0.15) is 12.2 Å². The molecule has 0 rings (SSSR count). The summed E-state index contributed by atoms with van der Waals surface area (Å²) in [5.74, 6) is -0.583. The molecule has 6 heteroatoms. The maximum Gasteiger partial charge on any atom is 0.249 e. The third-order valence-electron chi connectivity index (χ3n) is 12.0. The molecule has 0 radical (unpaired) electrons. The van der Waals surface area contributed by atoms with Gasteiger partial charge in [-0.15, -0.1) is 0 Å². The maximum absolute atomic E-state index is 12.5. The average Bonchev–Trinajstić information content (AvgIpc) is 3.20. The molecule has 0 saturated heterocycles. The van der Waals surface area contributed by atoms with Crippen molar-refractivity contribution in [3.05, 3.63) is 12.2 Å². The standard InChI is InChI=1S/C50H99NO5/c1-3-5-7-9-11-13-14-15-16-17-18-19-20-21-22-23-24-25-26-27-28-29-30-31-32-33-34-35-36-38-40-42-44-48(54)50(56)51-46(45-52)49(55)47(53)43-41-39-37-12-10-8-6-4-2/h21-22,46-49,52-55H,3-20,23-45H2,1-2H3,(H,51,56)/b22-21-. The second-order valence-corrected chi connectivity index (χ2v) is 17.5. The van der Waals surface area contributed by atoms with E-state index in [1.54, 1.807) is 0 Å². The topological polar surface area (TPSA) is 110 Å². The van der Waals surface area contributed by atoms with Crippen molar-refractivity contribution >= 4 is 5.91 Å². The lowest BCUT2D eigenvalue weighted by Crippen LogP contribution is -2.53. The van der Waals surface area contributed by atoms with Gasteiger partial charge >= 0.3 is 0 Å². The number of carbonyl (C=O) groups excluding carboxylic acids is 1. The van der Waals surface area contributed by atoms with Crippen molar-refractivity contribution in [2.75, 3.05) is 6.61 Å². The van der Waals surface area contributed by atoms with E-state index in [-0.39, 0.29) is 0 Å². The van der Waals surface area contributed by atoms with Crippen LogP contribution < -0.4 is 5.32 Å². The molecule has 1 amide bonds. The summed E-state index contributed by atoms with van der Waals surface area (Å²) in [6.45, 7) is 4.02. The predicted octanol–water partition coefficient (Wildman–Crippen LogP) is 13.7. The summed E-state index contributed by atoms with van der Waals surface area (Å²) in [5, 5.41) is 43.5. The van der Waals surface area contributed by atoms with E-state index in [4.69, 9.17) is 0 Å². The Labute approximate surface area is 349 Å². The zero-order valence-corrected chi connectivity index (χ0v) is 37.7. The molecule has 0 bridgehead atoms. The first-order valence-corrected chi connectivity index (χ1v) is 25.1. The summed E-state index contributed by atoms with van der Waals surface area (Å²) >= 11 is 0. The van der Waals surface area contributed by atoms with Crippen molar-refractivity contribution in [3.8, 4) is 0 Å². The average molecular weight is 794 g/mol. The largest absolute Gasteiger partial charge is 0.394 e. The second-order valence-electron chi connectivity index (χ2n) is 17.5. The number of carbonyl (C=O) groups is 1. The second kappa shape index (κ2) is 45.1. The molecule has 0 aromatic carbocycles. The first kappa shape index (κ1) is 55.0. The Morgan fingerprint density at radius 2 is 0.714 bits per heavy atom. The third kappa shape index (κ3) is 38.6. The van der Waals surface area contributed by atoms with E-state index in [9.17, 15) is 25.2 Å². The number of allylic oxidation sites excluding steroid dienone is 2. The molecule has 0 heterocycles. The summed E-state index contributed by atoms with van der Waals surface area (Å²) < 4.78 is 0. The van der Waals surface area contributed by atoms with Crippen LogP contribution in [0.3, 0.4) is 0 Å². The molecule has 0 aliphatic rings. The van der Waals surface area contributed by atoms with Crippen LogP contribution in [-0.4, -0.2) is 57.3 Å². The van der Waals surface area contributed by atoms with Gasteiger partial charge in [0, 0.05) is 0 Å². The quantitative estimate of drug-likeness (QED) is 0.0311. The number of unbranched alkanes of at least 4 members (excludes halogenated alkanes) is 35. The normalized spacial score (nSPS) is 14.0. The first-order valence-electron chi connectivity index (χ1n) is 25.1. The molecule has 0 aliphatic heterocycles. The van der Waals surface area contributed by atoms with Crippen LogP contribution in [0.4, 0.5) is 0 Å². The van der Waals surface area contributed by atoms with Gasteiger partial charge in [-0.2, -0.15) is 0 Å². The number of nitrogens with one attached hydrogen (secondary N) is 1. The molecule has 0 aromatic rings. The van der Waals surface area contributed by atoms with Crippen molar-refractivity contribution in [3.63, 3.8) is 0 Å². The fourth-order valence-electron chi connectivity index (χ4n) is 7.99. The Morgan fingerprint density at radius 3 is 1.04 bits per heavy atom. The molecule has 4 unspecified atom stereocenters. The van der Waals surface area contributed by atoms with Crippen LogP contribution >= 0.6 is 0 Å². The van der Waals surface area contributed by atoms with Crippen LogP contribution in [0, 0.1) is 0 Å². The fourth-order valence-corrected chi connectivity index (χ4v) is 7.99. The number of hydrogen-bond donors (Lipinski definition) is 5. The number of amides is 1. The van der Waals surface area contributed by atoms with Gasteiger partial charge in [0.05, 0.1) is 18.8 Å². The molecule has 0 aliphatic carbocycles. The van der Waals surface area contributed by atoms with E-state index < -0.39 is 36.9 Å². The van der Waals surface area contributed by atoms with E-state index in [1.807, 2.05) is 0 Å². The van der Waals surface area contributed by atoms with Crippen LogP contribution in [0.1, 0.15) is 271 Å². The van der Waals surface area contributed by atoms with Crippen molar-refractivity contribution < 1.29 is 25.2 Å². The van der Waals surface area contributed by atoms with E-state index in [0.29, 0.717) is 12.8 Å². The van der Waals surface area contributed by atoms with Crippen LogP contribution in [0.5, 0.6) is 0 Å². The lowest BCUT2D eigenvalue weighted by molar-refractivity contribution is -0.132. The summed E-state index contributed by atoms with van der Waals surface area (Å²) in [6.07, 6.45) is 51.6. The van der Waals surface area contributed by atoms with Crippen LogP contribution in [0.2, 0.25) is 0 Å². The number of aliphatic hydroxyl groups excluding tert-OH is 4. The van der Waals surface area contributed by atoms with Gasteiger partial charge in [-0.3, -0.25) is 4.79 Å². The molecular weight excluding hydrogens is 695 g/mol. The minimum Gasteiger partial charge on any atom is -0.394 e. The Balaban J connectivity index is 3.50. The summed E-state index contributed by atoms with van der Waals surface area (Å²) in [7, 11) is 0. The van der Waals surface area contributed by atoms with E-state index in [1.165, 1.54) is 205 Å². The lowest BCUT2D eigenvalue weighted by atomic mass is 9.99. The van der Waals surface area contributed by atoms with Gasteiger partial charge < -0.3 is 25.7 Å². The first-order chi connectivity index (χ1) is 27.5. The van der Waals surface area contributed by atoms with E-state index >= 15 is 0 Å². The number of aliphatic hydroxyl groups is 4. The highest BCUT2D eigenvalue weighted by molar-refractivity contribution is 5.80. The van der Waals surface area contributed by atoms with Crippen molar-refractivity contribution in [1.82, 2.24) is 5.32 Å².